The van der Waals surface area contributed by atoms with Crippen molar-refractivity contribution >= 4 is 43.3 Å². The Bertz CT molecular complexity index is 904. The molecule has 0 bridgehead atoms. The van der Waals surface area contributed by atoms with Gasteiger partial charge in [-0.2, -0.15) is 11.8 Å². The average Bonchev–Trinajstić information content (AvgIpc) is 3.07. The van der Waals surface area contributed by atoms with Crippen molar-refractivity contribution in [1.29, 1.82) is 0 Å². The monoisotopic (exact) mass is 454 g/mol. The second kappa shape index (κ2) is 8.06. The Morgan fingerprint density at radius 2 is 1.81 bits per heavy atom. The van der Waals surface area contributed by atoms with Gasteiger partial charge >= 0.3 is 0 Å². The van der Waals surface area contributed by atoms with E-state index < -0.39 is 9.84 Å². The molecule has 7 heteroatoms. The van der Waals surface area contributed by atoms with E-state index in [4.69, 9.17) is 9.47 Å². The Morgan fingerprint density at radius 3 is 2.38 bits per heavy atom. The van der Waals surface area contributed by atoms with Gasteiger partial charge in [-0.1, -0.05) is 28.1 Å². The van der Waals surface area contributed by atoms with Crippen LogP contribution >= 0.6 is 27.7 Å². The van der Waals surface area contributed by atoms with Crippen molar-refractivity contribution in [2.24, 2.45) is 0 Å². The van der Waals surface area contributed by atoms with E-state index in [9.17, 15) is 8.42 Å². The Kier molecular flexibility index (Phi) is 5.99. The first-order valence-corrected chi connectivity index (χ1v) is 11.7. The lowest BCUT2D eigenvalue weighted by Gasteiger charge is -2.11. The highest BCUT2D eigenvalue weighted by molar-refractivity contribution is 9.10. The highest BCUT2D eigenvalue weighted by Gasteiger charge is 2.35. The standard InChI is InChI=1S/C19H19BrO4S2/c1-23-15-7-9-17(10-8-15)26(21,22)18-11-16(12-25-2)24-19(18)13-3-5-14(20)6-4-13/h3-10,16H,11-12H2,1-2H3. The van der Waals surface area contributed by atoms with Gasteiger partial charge < -0.3 is 9.47 Å². The lowest BCUT2D eigenvalue weighted by atomic mass is 10.2. The third kappa shape index (κ3) is 3.94. The fourth-order valence-corrected chi connectivity index (χ4v) is 5.23. The van der Waals surface area contributed by atoms with Crippen LogP contribution in [0.25, 0.3) is 5.76 Å². The van der Waals surface area contributed by atoms with Crippen LogP contribution in [0.2, 0.25) is 0 Å². The van der Waals surface area contributed by atoms with Gasteiger partial charge in [-0.15, -0.1) is 0 Å². The second-order valence-corrected chi connectivity index (χ2v) is 9.63. The molecule has 0 fully saturated rings. The van der Waals surface area contributed by atoms with E-state index in [1.54, 1.807) is 43.1 Å². The van der Waals surface area contributed by atoms with E-state index in [1.807, 2.05) is 30.5 Å². The maximum absolute atomic E-state index is 13.2. The smallest absolute Gasteiger partial charge is 0.206 e. The quantitative estimate of drug-likeness (QED) is 0.629. The summed E-state index contributed by atoms with van der Waals surface area (Å²) < 4.78 is 38.6. The van der Waals surface area contributed by atoms with Crippen molar-refractivity contribution in [3.8, 4) is 5.75 Å². The summed E-state index contributed by atoms with van der Waals surface area (Å²) in [5, 5.41) is 0. The summed E-state index contributed by atoms with van der Waals surface area (Å²) in [5.74, 6) is 1.81. The molecule has 0 spiro atoms. The summed E-state index contributed by atoms with van der Waals surface area (Å²) in [6, 6.07) is 13.9. The fraction of sp³-hybridized carbons (Fsp3) is 0.263. The summed E-state index contributed by atoms with van der Waals surface area (Å²) in [4.78, 5) is 0.584. The minimum absolute atomic E-state index is 0.147. The van der Waals surface area contributed by atoms with Gasteiger partial charge in [0.2, 0.25) is 9.84 Å². The zero-order valence-corrected chi connectivity index (χ0v) is 17.7. The van der Waals surface area contributed by atoms with Crippen LogP contribution in [0, 0.1) is 0 Å². The molecule has 2 aromatic carbocycles. The first-order valence-electron chi connectivity index (χ1n) is 7.99. The molecule has 0 N–H and O–H groups in total. The van der Waals surface area contributed by atoms with Crippen LogP contribution in [0.5, 0.6) is 5.75 Å². The maximum atomic E-state index is 13.2. The predicted molar refractivity (Wildman–Crippen MR) is 109 cm³/mol. The third-order valence-electron chi connectivity index (χ3n) is 4.10. The normalized spacial score (nSPS) is 17.3. The van der Waals surface area contributed by atoms with Crippen LogP contribution in [-0.4, -0.2) is 33.6 Å². The molecule has 1 aliphatic heterocycles. The number of rotatable bonds is 6. The van der Waals surface area contributed by atoms with Crippen molar-refractivity contribution < 1.29 is 17.9 Å². The predicted octanol–water partition coefficient (Wildman–Crippen LogP) is 4.75. The highest BCUT2D eigenvalue weighted by atomic mass is 79.9. The van der Waals surface area contributed by atoms with Crippen LogP contribution in [0.4, 0.5) is 0 Å². The number of halogens is 1. The number of hydrogen-bond acceptors (Lipinski definition) is 5. The largest absolute Gasteiger partial charge is 0.497 e. The van der Waals surface area contributed by atoms with Gasteiger partial charge in [-0.3, -0.25) is 0 Å². The summed E-state index contributed by atoms with van der Waals surface area (Å²) >= 11 is 5.05. The zero-order valence-electron chi connectivity index (χ0n) is 14.4. The Morgan fingerprint density at radius 1 is 1.15 bits per heavy atom. The lowest BCUT2D eigenvalue weighted by Crippen LogP contribution is -2.11. The summed E-state index contributed by atoms with van der Waals surface area (Å²) in [6.07, 6.45) is 2.21. The molecule has 1 atom stereocenters. The number of benzene rings is 2. The fourth-order valence-electron chi connectivity index (χ4n) is 2.81. The molecule has 1 aliphatic rings. The molecule has 1 unspecified atom stereocenters. The molecule has 4 nitrogen and oxygen atoms in total. The van der Waals surface area contributed by atoms with Gasteiger partial charge in [0.25, 0.3) is 0 Å². The van der Waals surface area contributed by atoms with Gasteiger partial charge in [0.15, 0.2) is 0 Å². The van der Waals surface area contributed by atoms with Crippen LogP contribution in [0.1, 0.15) is 12.0 Å². The van der Waals surface area contributed by atoms with E-state index in [2.05, 4.69) is 15.9 Å². The van der Waals surface area contributed by atoms with Gasteiger partial charge in [0, 0.05) is 22.2 Å². The van der Waals surface area contributed by atoms with Crippen molar-refractivity contribution in [2.45, 2.75) is 17.4 Å². The first-order chi connectivity index (χ1) is 12.5. The molecule has 3 rings (SSSR count). The Labute approximate surface area is 166 Å². The molecular formula is C19H19BrO4S2. The van der Waals surface area contributed by atoms with E-state index in [1.165, 1.54) is 0 Å². The molecule has 2 aromatic rings. The Balaban J connectivity index is 2.05. The lowest BCUT2D eigenvalue weighted by molar-refractivity contribution is 0.215. The highest BCUT2D eigenvalue weighted by Crippen LogP contribution is 2.39. The maximum Gasteiger partial charge on any atom is 0.206 e. The number of ether oxygens (including phenoxy) is 2. The Hall–Kier alpha value is -1.44. The minimum Gasteiger partial charge on any atom is -0.497 e. The van der Waals surface area contributed by atoms with Gasteiger partial charge in [0.05, 0.1) is 16.9 Å². The number of thioether (sulfide) groups is 1. The van der Waals surface area contributed by atoms with Crippen LogP contribution < -0.4 is 4.74 Å². The summed E-state index contributed by atoms with van der Waals surface area (Å²) in [6.45, 7) is 0. The van der Waals surface area contributed by atoms with Crippen LogP contribution in [-0.2, 0) is 14.6 Å². The van der Waals surface area contributed by atoms with E-state index >= 15 is 0 Å². The number of methoxy groups -OCH3 is 1. The average molecular weight is 455 g/mol. The van der Waals surface area contributed by atoms with Crippen molar-refractivity contribution in [2.75, 3.05) is 19.1 Å². The van der Waals surface area contributed by atoms with Gasteiger partial charge in [-0.05, 0) is 42.7 Å². The number of sulfone groups is 1. The molecule has 0 aliphatic carbocycles. The third-order valence-corrected chi connectivity index (χ3v) is 7.23. The van der Waals surface area contributed by atoms with Gasteiger partial charge in [-0.25, -0.2) is 8.42 Å². The van der Waals surface area contributed by atoms with Crippen molar-refractivity contribution in [1.82, 2.24) is 0 Å². The molecule has 138 valence electrons. The topological polar surface area (TPSA) is 52.6 Å². The zero-order chi connectivity index (χ0) is 18.7. The molecule has 0 saturated carbocycles. The molecule has 1 heterocycles. The molecule has 26 heavy (non-hydrogen) atoms. The molecule has 0 radical (unpaired) electrons. The van der Waals surface area contributed by atoms with Crippen molar-refractivity contribution in [3.63, 3.8) is 0 Å². The molecular weight excluding hydrogens is 436 g/mol. The van der Waals surface area contributed by atoms with E-state index in [0.717, 1.165) is 15.8 Å². The minimum atomic E-state index is -3.64. The summed E-state index contributed by atoms with van der Waals surface area (Å²) in [7, 11) is -2.09. The molecule has 0 aromatic heterocycles. The van der Waals surface area contributed by atoms with E-state index in [-0.39, 0.29) is 11.0 Å². The molecule has 0 amide bonds. The van der Waals surface area contributed by atoms with Gasteiger partial charge in [0.1, 0.15) is 17.6 Å². The number of hydrogen-bond donors (Lipinski definition) is 0. The summed E-state index contributed by atoms with van der Waals surface area (Å²) in [5.41, 5.74) is 0.767. The van der Waals surface area contributed by atoms with E-state index in [0.29, 0.717) is 22.8 Å². The van der Waals surface area contributed by atoms with Crippen molar-refractivity contribution in [3.05, 3.63) is 63.5 Å². The molecule has 0 saturated heterocycles. The van der Waals surface area contributed by atoms with Crippen LogP contribution in [0.15, 0.2) is 62.8 Å². The van der Waals surface area contributed by atoms with Crippen LogP contribution in [0.3, 0.4) is 0 Å². The second-order valence-electron chi connectivity index (χ2n) is 5.84. The SMILES string of the molecule is COc1ccc(S(=O)(=O)C2=C(c3ccc(Br)cc3)OC(CSC)C2)cc1. The first kappa shape index (κ1) is 19.3.